The molecule has 0 aromatic heterocycles. The van der Waals surface area contributed by atoms with Gasteiger partial charge in [-0.2, -0.15) is 13.2 Å². The summed E-state index contributed by atoms with van der Waals surface area (Å²) in [6.45, 7) is 2.76. The zero-order chi connectivity index (χ0) is 15.0. The average molecular weight is 370 g/mol. The molecule has 0 aliphatic carbocycles. The van der Waals surface area contributed by atoms with Crippen LogP contribution in [-0.2, 0) is 0 Å². The Morgan fingerprint density at radius 3 is 2.60 bits per heavy atom. The van der Waals surface area contributed by atoms with Crippen LogP contribution in [0.25, 0.3) is 0 Å². The highest BCUT2D eigenvalue weighted by molar-refractivity contribution is 9.10. The molecule has 0 spiro atoms. The van der Waals surface area contributed by atoms with E-state index in [0.717, 1.165) is 22.3 Å². The Morgan fingerprint density at radius 1 is 1.30 bits per heavy atom. The Bertz CT molecular complexity index is 398. The number of benzene rings is 1. The van der Waals surface area contributed by atoms with Crippen LogP contribution in [0.15, 0.2) is 33.6 Å². The maximum Gasteiger partial charge on any atom is 0.389 e. The van der Waals surface area contributed by atoms with Crippen LogP contribution in [0.2, 0.25) is 0 Å². The molecule has 0 radical (unpaired) electrons. The van der Waals surface area contributed by atoms with Crippen molar-refractivity contribution in [2.45, 2.75) is 43.3 Å². The molecule has 0 amide bonds. The molecule has 20 heavy (non-hydrogen) atoms. The molecule has 0 heterocycles. The van der Waals surface area contributed by atoms with Gasteiger partial charge in [0.25, 0.3) is 0 Å². The van der Waals surface area contributed by atoms with Gasteiger partial charge >= 0.3 is 6.18 Å². The van der Waals surface area contributed by atoms with Crippen LogP contribution in [-0.4, -0.2) is 24.5 Å². The van der Waals surface area contributed by atoms with Crippen LogP contribution >= 0.6 is 27.7 Å². The van der Waals surface area contributed by atoms with E-state index in [1.807, 2.05) is 31.2 Å². The molecule has 0 bridgehead atoms. The largest absolute Gasteiger partial charge is 0.389 e. The summed E-state index contributed by atoms with van der Waals surface area (Å²) in [7, 11) is 0. The third-order valence-electron chi connectivity index (χ3n) is 2.74. The number of rotatable bonds is 8. The normalized spacial score (nSPS) is 13.4. The highest BCUT2D eigenvalue weighted by atomic mass is 79.9. The van der Waals surface area contributed by atoms with E-state index in [1.165, 1.54) is 0 Å². The fourth-order valence-electron chi connectivity index (χ4n) is 1.68. The first-order chi connectivity index (χ1) is 9.42. The minimum absolute atomic E-state index is 0.117. The predicted octanol–water partition coefficient (Wildman–Crippen LogP) is 5.25. The van der Waals surface area contributed by atoms with E-state index in [1.54, 1.807) is 11.8 Å². The highest BCUT2D eigenvalue weighted by Gasteiger charge is 2.28. The lowest BCUT2D eigenvalue weighted by Crippen LogP contribution is -2.33. The van der Waals surface area contributed by atoms with E-state index < -0.39 is 12.6 Å². The molecule has 0 aliphatic rings. The van der Waals surface area contributed by atoms with Crippen LogP contribution in [0.4, 0.5) is 13.2 Å². The minimum Gasteiger partial charge on any atom is -0.313 e. The van der Waals surface area contributed by atoms with Gasteiger partial charge in [0.2, 0.25) is 0 Å². The summed E-state index contributed by atoms with van der Waals surface area (Å²) in [5, 5.41) is 3.20. The van der Waals surface area contributed by atoms with E-state index in [0.29, 0.717) is 5.75 Å². The first kappa shape index (κ1) is 17.9. The molecule has 0 saturated carbocycles. The van der Waals surface area contributed by atoms with Gasteiger partial charge in [-0.3, -0.25) is 0 Å². The van der Waals surface area contributed by atoms with Crippen LogP contribution in [0.5, 0.6) is 0 Å². The van der Waals surface area contributed by atoms with Gasteiger partial charge in [0.1, 0.15) is 0 Å². The Hall–Kier alpha value is -0.200. The maximum atomic E-state index is 12.3. The van der Waals surface area contributed by atoms with Gasteiger partial charge in [0, 0.05) is 27.6 Å². The van der Waals surface area contributed by atoms with Crippen molar-refractivity contribution in [1.82, 2.24) is 5.32 Å². The third kappa shape index (κ3) is 7.55. The third-order valence-corrected chi connectivity index (χ3v) is 4.93. The van der Waals surface area contributed by atoms with Crippen LogP contribution < -0.4 is 5.32 Å². The smallest absolute Gasteiger partial charge is 0.313 e. The molecule has 1 aromatic carbocycles. The summed E-state index contributed by atoms with van der Waals surface area (Å²) in [4.78, 5) is 1.06. The molecule has 1 N–H and O–H groups in total. The predicted molar refractivity (Wildman–Crippen MR) is 82.2 cm³/mol. The number of hydrogen-bond donors (Lipinski definition) is 1. The van der Waals surface area contributed by atoms with Crippen molar-refractivity contribution >= 4 is 27.7 Å². The number of hydrogen-bond acceptors (Lipinski definition) is 2. The minimum atomic E-state index is -4.08. The van der Waals surface area contributed by atoms with Gasteiger partial charge in [-0.05, 0) is 47.4 Å². The highest BCUT2D eigenvalue weighted by Crippen LogP contribution is 2.29. The molecular formula is C14H19BrF3NS. The summed E-state index contributed by atoms with van der Waals surface area (Å²) in [6.07, 6.45) is -3.77. The SMILES string of the molecule is CCCNC(CCC(F)(F)F)CSc1ccccc1Br. The molecule has 1 unspecified atom stereocenters. The number of alkyl halides is 3. The van der Waals surface area contributed by atoms with Crippen molar-refractivity contribution in [3.8, 4) is 0 Å². The Labute approximate surface area is 130 Å². The molecule has 1 rings (SSSR count). The number of nitrogens with one attached hydrogen (secondary N) is 1. The molecule has 0 saturated heterocycles. The summed E-state index contributed by atoms with van der Waals surface area (Å²) in [6, 6.07) is 7.64. The molecular weight excluding hydrogens is 351 g/mol. The molecule has 1 nitrogen and oxygen atoms in total. The number of thioether (sulfide) groups is 1. The van der Waals surface area contributed by atoms with Gasteiger partial charge in [-0.25, -0.2) is 0 Å². The van der Waals surface area contributed by atoms with Crippen molar-refractivity contribution in [1.29, 1.82) is 0 Å². The molecule has 0 aliphatic heterocycles. The van der Waals surface area contributed by atoms with Gasteiger partial charge in [-0.1, -0.05) is 19.1 Å². The van der Waals surface area contributed by atoms with Gasteiger partial charge in [-0.15, -0.1) is 11.8 Å². The van der Waals surface area contributed by atoms with Gasteiger partial charge in [0.05, 0.1) is 0 Å². The molecule has 1 atom stereocenters. The summed E-state index contributed by atoms with van der Waals surface area (Å²) in [5.74, 6) is 0.638. The van der Waals surface area contributed by atoms with Crippen LogP contribution in [0.1, 0.15) is 26.2 Å². The Kier molecular flexibility index (Phi) is 7.99. The van der Waals surface area contributed by atoms with Gasteiger partial charge in [0.15, 0.2) is 0 Å². The van der Waals surface area contributed by atoms with E-state index in [9.17, 15) is 13.2 Å². The van der Waals surface area contributed by atoms with Crippen molar-refractivity contribution in [2.24, 2.45) is 0 Å². The average Bonchev–Trinajstić information content (AvgIpc) is 2.38. The monoisotopic (exact) mass is 369 g/mol. The lowest BCUT2D eigenvalue weighted by atomic mass is 10.2. The summed E-state index contributed by atoms with van der Waals surface area (Å²) in [5.41, 5.74) is 0. The van der Waals surface area contributed by atoms with Crippen LogP contribution in [0, 0.1) is 0 Å². The Morgan fingerprint density at radius 2 is 2.00 bits per heavy atom. The molecule has 114 valence electrons. The number of halogens is 4. The van der Waals surface area contributed by atoms with E-state index in [4.69, 9.17) is 0 Å². The van der Waals surface area contributed by atoms with Crippen molar-refractivity contribution in [3.05, 3.63) is 28.7 Å². The standard InChI is InChI=1S/C14H19BrF3NS/c1-2-9-19-11(7-8-14(16,17)18)10-20-13-6-4-3-5-12(13)15/h3-6,11,19H,2,7-10H2,1H3. The second-order valence-electron chi connectivity index (χ2n) is 4.55. The van der Waals surface area contributed by atoms with E-state index in [2.05, 4.69) is 21.2 Å². The fourth-order valence-corrected chi connectivity index (χ4v) is 3.36. The van der Waals surface area contributed by atoms with Crippen molar-refractivity contribution < 1.29 is 13.2 Å². The lowest BCUT2D eigenvalue weighted by Gasteiger charge is -2.19. The van der Waals surface area contributed by atoms with Gasteiger partial charge < -0.3 is 5.32 Å². The van der Waals surface area contributed by atoms with Crippen molar-refractivity contribution in [3.63, 3.8) is 0 Å². The molecule has 6 heteroatoms. The first-order valence-electron chi connectivity index (χ1n) is 6.60. The topological polar surface area (TPSA) is 12.0 Å². The second kappa shape index (κ2) is 8.95. The van der Waals surface area contributed by atoms with Crippen LogP contribution in [0.3, 0.4) is 0 Å². The Balaban J connectivity index is 2.49. The quantitative estimate of drug-likeness (QED) is 0.627. The summed E-state index contributed by atoms with van der Waals surface area (Å²) < 4.78 is 38.0. The maximum absolute atomic E-state index is 12.3. The second-order valence-corrected chi connectivity index (χ2v) is 6.46. The van der Waals surface area contributed by atoms with E-state index in [-0.39, 0.29) is 12.5 Å². The zero-order valence-corrected chi connectivity index (χ0v) is 13.7. The fraction of sp³-hybridized carbons (Fsp3) is 0.571. The van der Waals surface area contributed by atoms with Crippen molar-refractivity contribution in [2.75, 3.05) is 12.3 Å². The van der Waals surface area contributed by atoms with E-state index >= 15 is 0 Å². The first-order valence-corrected chi connectivity index (χ1v) is 8.37. The molecule has 1 aromatic rings. The summed E-state index contributed by atoms with van der Waals surface area (Å²) >= 11 is 5.03. The lowest BCUT2D eigenvalue weighted by molar-refractivity contribution is -0.136. The zero-order valence-electron chi connectivity index (χ0n) is 11.3. The molecule has 0 fully saturated rings.